The molecule has 2 aromatic carbocycles. The molecule has 6 rings (SSSR count). The van der Waals surface area contributed by atoms with Gasteiger partial charge in [0.25, 0.3) is 5.91 Å². The summed E-state index contributed by atoms with van der Waals surface area (Å²) in [6, 6.07) is 14.0. The minimum atomic E-state index is -0.425. The predicted molar refractivity (Wildman–Crippen MR) is 172 cm³/mol. The summed E-state index contributed by atoms with van der Waals surface area (Å²) in [6.45, 7) is 3.15. The average molecular weight is 601 g/mol. The van der Waals surface area contributed by atoms with E-state index in [1.54, 1.807) is 6.08 Å². The van der Waals surface area contributed by atoms with Crippen molar-refractivity contribution in [3.05, 3.63) is 59.2 Å². The van der Waals surface area contributed by atoms with Crippen LogP contribution >= 0.6 is 11.8 Å². The molecule has 0 radical (unpaired) electrons. The second kappa shape index (κ2) is 13.8. The Hall–Kier alpha value is -3.59. The van der Waals surface area contributed by atoms with Gasteiger partial charge < -0.3 is 14.2 Å². The van der Waals surface area contributed by atoms with Gasteiger partial charge in [0, 0.05) is 5.92 Å². The number of rotatable bonds is 10. The van der Waals surface area contributed by atoms with Gasteiger partial charge in [0.2, 0.25) is 5.17 Å². The van der Waals surface area contributed by atoms with Gasteiger partial charge in [0.05, 0.1) is 12.2 Å². The fraction of sp³-hybridized carbons (Fsp3) is 0.471. The molecule has 2 aliphatic heterocycles. The molecule has 2 fully saturated rings. The molecule has 0 bridgehead atoms. The highest BCUT2D eigenvalue weighted by atomic mass is 32.2. The number of carbonyl (C=O) groups excluding carboxylic acids is 1. The van der Waals surface area contributed by atoms with Crippen LogP contribution in [0.5, 0.6) is 17.2 Å². The Labute approximate surface area is 258 Å². The van der Waals surface area contributed by atoms with Crippen LogP contribution < -0.4 is 14.2 Å². The second-order valence-electron chi connectivity index (χ2n) is 11.5. The van der Waals surface area contributed by atoms with Crippen molar-refractivity contribution in [1.82, 2.24) is 5.01 Å². The third kappa shape index (κ3) is 6.98. The van der Waals surface area contributed by atoms with Gasteiger partial charge in [-0.1, -0.05) is 56.7 Å². The number of ether oxygens (including phenoxy) is 3. The van der Waals surface area contributed by atoms with Gasteiger partial charge in [-0.05, 0) is 91.8 Å². The van der Waals surface area contributed by atoms with Crippen LogP contribution in [-0.2, 0) is 4.79 Å². The first kappa shape index (κ1) is 29.5. The summed E-state index contributed by atoms with van der Waals surface area (Å²) in [6.07, 6.45) is 14.1. The molecule has 226 valence electrons. The molecule has 0 saturated heterocycles. The number of thioether (sulfide) groups is 1. The number of hydrogen-bond donors (Lipinski definition) is 1. The van der Waals surface area contributed by atoms with Gasteiger partial charge in [-0.3, -0.25) is 10.2 Å². The van der Waals surface area contributed by atoms with Crippen molar-refractivity contribution in [3.63, 3.8) is 0 Å². The van der Waals surface area contributed by atoms with Crippen LogP contribution in [0.1, 0.15) is 88.2 Å². The summed E-state index contributed by atoms with van der Waals surface area (Å²) in [7, 11) is 0. The van der Waals surface area contributed by atoms with Gasteiger partial charge in [-0.15, -0.1) is 0 Å². The molecule has 2 aromatic rings. The zero-order valence-electron chi connectivity index (χ0n) is 24.8. The zero-order chi connectivity index (χ0) is 29.6. The number of amides is 1. The quantitative estimate of drug-likeness (QED) is 0.221. The number of fused-ring (bicyclic) bond motifs is 1. The van der Waals surface area contributed by atoms with E-state index in [1.807, 2.05) is 25.1 Å². The number of benzene rings is 2. The van der Waals surface area contributed by atoms with E-state index in [4.69, 9.17) is 24.7 Å². The molecule has 4 aliphatic rings. The lowest BCUT2D eigenvalue weighted by atomic mass is 9.84. The topological polar surface area (TPSA) is 96.6 Å². The summed E-state index contributed by atoms with van der Waals surface area (Å²) in [4.78, 5) is 17.2. The normalized spacial score (nSPS) is 20.6. The first-order valence-electron chi connectivity index (χ1n) is 15.7. The Morgan fingerprint density at radius 1 is 0.884 bits per heavy atom. The van der Waals surface area contributed by atoms with Crippen molar-refractivity contribution in [2.24, 2.45) is 16.0 Å². The molecule has 1 N–H and O–H groups in total. The molecule has 0 unspecified atom stereocenters. The Kier molecular flexibility index (Phi) is 9.46. The van der Waals surface area contributed by atoms with E-state index < -0.39 is 5.91 Å². The van der Waals surface area contributed by atoms with Gasteiger partial charge in [-0.2, -0.15) is 15.1 Å². The van der Waals surface area contributed by atoms with Crippen LogP contribution in [0.3, 0.4) is 0 Å². The number of carbonyl (C=O) groups is 1. The minimum absolute atomic E-state index is 0.0514. The summed E-state index contributed by atoms with van der Waals surface area (Å²) in [5.74, 6) is 2.71. The highest BCUT2D eigenvalue weighted by molar-refractivity contribution is 8.27. The Balaban J connectivity index is 1.07. The number of nitrogens with one attached hydrogen (secondary N) is 1. The molecule has 0 aromatic heterocycles. The second-order valence-corrected chi connectivity index (χ2v) is 12.5. The Morgan fingerprint density at radius 2 is 1.58 bits per heavy atom. The number of amidine groups is 2. The zero-order valence-corrected chi connectivity index (χ0v) is 25.7. The van der Waals surface area contributed by atoms with E-state index >= 15 is 0 Å². The maximum absolute atomic E-state index is 12.9. The van der Waals surface area contributed by atoms with Crippen molar-refractivity contribution >= 4 is 39.8 Å². The highest BCUT2D eigenvalue weighted by Crippen LogP contribution is 2.37. The molecule has 2 heterocycles. The van der Waals surface area contributed by atoms with Crippen molar-refractivity contribution in [1.29, 1.82) is 5.41 Å². The molecule has 43 heavy (non-hydrogen) atoms. The summed E-state index contributed by atoms with van der Waals surface area (Å²) in [5, 5.41) is 16.4. The van der Waals surface area contributed by atoms with Gasteiger partial charge in [-0.25, -0.2) is 0 Å². The summed E-state index contributed by atoms with van der Waals surface area (Å²) >= 11 is 1.43. The number of aliphatic imine (C=N–C) groups is 1. The lowest BCUT2D eigenvalue weighted by Gasteiger charge is -2.22. The molecular weight excluding hydrogens is 560 g/mol. The smallest absolute Gasteiger partial charge is 0.283 e. The van der Waals surface area contributed by atoms with Gasteiger partial charge in [0.15, 0.2) is 17.3 Å². The summed E-state index contributed by atoms with van der Waals surface area (Å²) in [5.41, 5.74) is 2.34. The van der Waals surface area contributed by atoms with E-state index in [-0.39, 0.29) is 11.4 Å². The predicted octanol–water partition coefficient (Wildman–Crippen LogP) is 7.79. The Bertz CT molecular complexity index is 1420. The van der Waals surface area contributed by atoms with E-state index in [9.17, 15) is 4.79 Å². The lowest BCUT2D eigenvalue weighted by molar-refractivity contribution is -0.114. The van der Waals surface area contributed by atoms with Crippen molar-refractivity contribution in [3.8, 4) is 17.2 Å². The van der Waals surface area contributed by atoms with E-state index in [1.165, 1.54) is 73.7 Å². The number of hydrogen-bond acceptors (Lipinski definition) is 7. The van der Waals surface area contributed by atoms with Gasteiger partial charge in [0.1, 0.15) is 24.0 Å². The number of hydrazone groups is 1. The van der Waals surface area contributed by atoms with E-state index in [2.05, 4.69) is 29.3 Å². The molecule has 0 spiro atoms. The number of nitrogens with zero attached hydrogens (tertiary/aromatic N) is 3. The maximum Gasteiger partial charge on any atom is 0.283 e. The average Bonchev–Trinajstić information content (AvgIpc) is 3.48. The molecule has 1 amide bonds. The van der Waals surface area contributed by atoms with Crippen LogP contribution in [0.2, 0.25) is 0 Å². The highest BCUT2D eigenvalue weighted by Gasteiger charge is 2.38. The monoisotopic (exact) mass is 600 g/mol. The molecular formula is C34H40N4O4S. The maximum atomic E-state index is 12.9. The van der Waals surface area contributed by atoms with Crippen LogP contribution in [0.4, 0.5) is 0 Å². The minimum Gasteiger partial charge on any atom is -0.490 e. The fourth-order valence-corrected chi connectivity index (χ4v) is 7.33. The van der Waals surface area contributed by atoms with Gasteiger partial charge >= 0.3 is 0 Å². The largest absolute Gasteiger partial charge is 0.490 e. The molecule has 0 atom stereocenters. The molecule has 2 aliphatic carbocycles. The van der Waals surface area contributed by atoms with Crippen LogP contribution in [0, 0.1) is 11.3 Å². The van der Waals surface area contributed by atoms with Crippen molar-refractivity contribution < 1.29 is 19.0 Å². The van der Waals surface area contributed by atoms with Crippen molar-refractivity contribution in [2.45, 2.75) is 77.0 Å². The Morgan fingerprint density at radius 3 is 2.30 bits per heavy atom. The van der Waals surface area contributed by atoms with Crippen LogP contribution in [0.15, 0.2) is 58.1 Å². The molecule has 8 nitrogen and oxygen atoms in total. The third-order valence-electron chi connectivity index (χ3n) is 8.57. The molecule has 9 heteroatoms. The van der Waals surface area contributed by atoms with E-state index in [0.29, 0.717) is 48.3 Å². The third-order valence-corrected chi connectivity index (χ3v) is 9.64. The SMILES string of the molecule is CCOc1cc(C=C2C(=N)N3N=C(C4CCCCC4)SC3=NC2=O)ccc1OCCOc1ccc(C2CCCCC2)cc1. The molecule has 2 saturated carbocycles. The standard InChI is InChI=1S/C34H40N4O4S/c1-2-40-30-22-23(21-28-31(35)38-34(36-32(28)39)43-33(37-38)26-11-7-4-8-12-26)13-18-29(30)42-20-19-41-27-16-14-25(15-17-27)24-9-5-3-6-10-24/h13-18,21-22,24,26,35H,2-12,19-20H2,1H3. The van der Waals surface area contributed by atoms with Crippen LogP contribution in [0.25, 0.3) is 6.08 Å². The first-order valence-corrected chi connectivity index (χ1v) is 16.5. The van der Waals surface area contributed by atoms with Crippen molar-refractivity contribution in [2.75, 3.05) is 19.8 Å². The first-order chi connectivity index (χ1) is 21.1. The summed E-state index contributed by atoms with van der Waals surface area (Å²) < 4.78 is 17.8. The van der Waals surface area contributed by atoms with Crippen LogP contribution in [-0.4, -0.2) is 46.8 Å². The lowest BCUT2D eigenvalue weighted by Crippen LogP contribution is -2.35. The van der Waals surface area contributed by atoms with E-state index in [0.717, 1.165) is 29.2 Å². The fourth-order valence-electron chi connectivity index (χ4n) is 6.27.